The Labute approximate surface area is 104 Å². The summed E-state index contributed by atoms with van der Waals surface area (Å²) in [6.07, 6.45) is 2.10. The summed E-state index contributed by atoms with van der Waals surface area (Å²) in [6, 6.07) is 0. The molecule has 2 rings (SSSR count). The maximum Gasteiger partial charge on any atom is 0.209 e. The van der Waals surface area contributed by atoms with Crippen molar-refractivity contribution < 1.29 is 4.79 Å². The van der Waals surface area contributed by atoms with Crippen LogP contribution in [0.5, 0.6) is 0 Å². The molecular weight excluding hydrogens is 216 g/mol. The molecule has 2 heterocycles. The normalized spacial score (nSPS) is 24.6. The van der Waals surface area contributed by atoms with E-state index in [1.165, 1.54) is 19.6 Å². The largest absolute Gasteiger partial charge is 0.344 e. The second-order valence-electron chi connectivity index (χ2n) is 4.93. The molecule has 1 N–H and O–H groups in total. The Kier molecular flexibility index (Phi) is 5.22. The van der Waals surface area contributed by atoms with Gasteiger partial charge in [0.1, 0.15) is 0 Å². The first-order valence-corrected chi connectivity index (χ1v) is 6.73. The van der Waals surface area contributed by atoms with Crippen LogP contribution in [0.2, 0.25) is 0 Å². The Bertz CT molecular complexity index is 231. The summed E-state index contributed by atoms with van der Waals surface area (Å²) in [7, 11) is 0. The molecule has 0 bridgehead atoms. The Balaban J connectivity index is 1.66. The summed E-state index contributed by atoms with van der Waals surface area (Å²) in [5, 5.41) is 3.38. The number of carbonyl (C=O) groups is 1. The summed E-state index contributed by atoms with van der Waals surface area (Å²) in [5.74, 6) is 0. The van der Waals surface area contributed by atoms with Crippen LogP contribution in [0.25, 0.3) is 0 Å². The van der Waals surface area contributed by atoms with Crippen LogP contribution in [-0.4, -0.2) is 86.6 Å². The molecular formula is C12H24N4O. The molecule has 2 aliphatic heterocycles. The predicted molar refractivity (Wildman–Crippen MR) is 68.0 cm³/mol. The zero-order valence-electron chi connectivity index (χ0n) is 10.6. The summed E-state index contributed by atoms with van der Waals surface area (Å²) < 4.78 is 0. The van der Waals surface area contributed by atoms with E-state index in [-0.39, 0.29) is 0 Å². The van der Waals surface area contributed by atoms with Crippen LogP contribution in [-0.2, 0) is 4.79 Å². The minimum atomic E-state index is 0.894. The number of rotatable bonds is 4. The van der Waals surface area contributed by atoms with Crippen molar-refractivity contribution in [3.05, 3.63) is 0 Å². The van der Waals surface area contributed by atoms with Gasteiger partial charge in [0.05, 0.1) is 0 Å². The van der Waals surface area contributed by atoms with Gasteiger partial charge < -0.3 is 15.1 Å². The van der Waals surface area contributed by atoms with Crippen molar-refractivity contribution in [2.75, 3.05) is 65.4 Å². The number of carbonyl (C=O) groups excluding carboxylic acids is 1. The third-order valence-corrected chi connectivity index (χ3v) is 3.71. The third kappa shape index (κ3) is 4.26. The molecule has 0 spiro atoms. The standard InChI is InChI=1S/C12H24N4O/c17-12-16-5-1-4-14(10-11-16)8-9-15-6-2-13-3-7-15/h12-13H,1-11H2. The van der Waals surface area contributed by atoms with Crippen molar-refractivity contribution in [1.82, 2.24) is 20.0 Å². The van der Waals surface area contributed by atoms with Crippen LogP contribution in [0, 0.1) is 0 Å². The Morgan fingerprint density at radius 2 is 1.59 bits per heavy atom. The van der Waals surface area contributed by atoms with E-state index in [1.807, 2.05) is 4.90 Å². The molecule has 0 radical (unpaired) electrons. The number of amides is 1. The second kappa shape index (κ2) is 6.93. The van der Waals surface area contributed by atoms with Gasteiger partial charge in [0.2, 0.25) is 6.41 Å². The molecule has 2 fully saturated rings. The number of nitrogens with zero attached hydrogens (tertiary/aromatic N) is 3. The molecule has 0 aromatic rings. The highest BCUT2D eigenvalue weighted by Crippen LogP contribution is 2.02. The van der Waals surface area contributed by atoms with Gasteiger partial charge in [0, 0.05) is 58.9 Å². The molecule has 0 saturated carbocycles. The van der Waals surface area contributed by atoms with E-state index in [0.717, 1.165) is 58.6 Å². The van der Waals surface area contributed by atoms with Crippen molar-refractivity contribution in [2.45, 2.75) is 6.42 Å². The highest BCUT2D eigenvalue weighted by molar-refractivity contribution is 5.46. The number of piperazine rings is 1. The Hall–Kier alpha value is -0.650. The van der Waals surface area contributed by atoms with Gasteiger partial charge in [0.15, 0.2) is 0 Å². The van der Waals surface area contributed by atoms with Crippen LogP contribution in [0.1, 0.15) is 6.42 Å². The lowest BCUT2D eigenvalue weighted by Gasteiger charge is -2.29. The SMILES string of the molecule is O=CN1CCCN(CCN2CCNCC2)CC1. The fourth-order valence-corrected chi connectivity index (χ4v) is 2.54. The minimum absolute atomic E-state index is 0.894. The van der Waals surface area contributed by atoms with Gasteiger partial charge in [-0.1, -0.05) is 0 Å². The van der Waals surface area contributed by atoms with Gasteiger partial charge in [-0.15, -0.1) is 0 Å². The first kappa shape index (κ1) is 12.8. The Morgan fingerprint density at radius 3 is 2.29 bits per heavy atom. The first-order chi connectivity index (χ1) is 8.38. The summed E-state index contributed by atoms with van der Waals surface area (Å²) in [6.45, 7) is 10.9. The molecule has 0 atom stereocenters. The maximum atomic E-state index is 10.7. The summed E-state index contributed by atoms with van der Waals surface area (Å²) >= 11 is 0. The number of hydrogen-bond donors (Lipinski definition) is 1. The third-order valence-electron chi connectivity index (χ3n) is 3.71. The first-order valence-electron chi connectivity index (χ1n) is 6.73. The zero-order chi connectivity index (χ0) is 11.9. The average Bonchev–Trinajstić information content (AvgIpc) is 2.62. The van der Waals surface area contributed by atoms with E-state index < -0.39 is 0 Å². The number of hydrogen-bond acceptors (Lipinski definition) is 4. The Morgan fingerprint density at radius 1 is 0.882 bits per heavy atom. The molecule has 1 amide bonds. The summed E-state index contributed by atoms with van der Waals surface area (Å²) in [4.78, 5) is 17.6. The maximum absolute atomic E-state index is 10.7. The zero-order valence-corrected chi connectivity index (χ0v) is 10.6. The molecule has 5 heteroatoms. The molecule has 98 valence electrons. The topological polar surface area (TPSA) is 38.8 Å². The highest BCUT2D eigenvalue weighted by atomic mass is 16.1. The van der Waals surface area contributed by atoms with Crippen molar-refractivity contribution in [2.24, 2.45) is 0 Å². The fraction of sp³-hybridized carbons (Fsp3) is 0.917. The van der Waals surface area contributed by atoms with Gasteiger partial charge >= 0.3 is 0 Å². The smallest absolute Gasteiger partial charge is 0.209 e. The molecule has 17 heavy (non-hydrogen) atoms. The average molecular weight is 240 g/mol. The van der Waals surface area contributed by atoms with Crippen molar-refractivity contribution in [3.63, 3.8) is 0 Å². The van der Waals surface area contributed by atoms with Crippen molar-refractivity contribution in [1.29, 1.82) is 0 Å². The molecule has 5 nitrogen and oxygen atoms in total. The van der Waals surface area contributed by atoms with Crippen LogP contribution in [0.3, 0.4) is 0 Å². The fourth-order valence-electron chi connectivity index (χ4n) is 2.54. The van der Waals surface area contributed by atoms with E-state index in [4.69, 9.17) is 0 Å². The van der Waals surface area contributed by atoms with Gasteiger partial charge in [0.25, 0.3) is 0 Å². The monoisotopic (exact) mass is 240 g/mol. The second-order valence-corrected chi connectivity index (χ2v) is 4.93. The minimum Gasteiger partial charge on any atom is -0.344 e. The van der Waals surface area contributed by atoms with Gasteiger partial charge in [-0.2, -0.15) is 0 Å². The van der Waals surface area contributed by atoms with Crippen LogP contribution in [0.15, 0.2) is 0 Å². The predicted octanol–water partition coefficient (Wildman–Crippen LogP) is -0.944. The van der Waals surface area contributed by atoms with E-state index in [1.54, 1.807) is 0 Å². The van der Waals surface area contributed by atoms with E-state index >= 15 is 0 Å². The van der Waals surface area contributed by atoms with Gasteiger partial charge in [-0.05, 0) is 13.0 Å². The lowest BCUT2D eigenvalue weighted by Crippen LogP contribution is -2.46. The summed E-state index contributed by atoms with van der Waals surface area (Å²) in [5.41, 5.74) is 0. The van der Waals surface area contributed by atoms with Crippen LogP contribution < -0.4 is 5.32 Å². The van der Waals surface area contributed by atoms with Crippen LogP contribution >= 0.6 is 0 Å². The molecule has 0 aromatic carbocycles. The molecule has 0 aliphatic carbocycles. The van der Waals surface area contributed by atoms with E-state index in [0.29, 0.717) is 0 Å². The van der Waals surface area contributed by atoms with E-state index in [9.17, 15) is 4.79 Å². The van der Waals surface area contributed by atoms with Crippen LogP contribution in [0.4, 0.5) is 0 Å². The van der Waals surface area contributed by atoms with Gasteiger partial charge in [-0.3, -0.25) is 9.69 Å². The van der Waals surface area contributed by atoms with E-state index in [2.05, 4.69) is 15.1 Å². The lowest BCUT2D eigenvalue weighted by atomic mass is 10.3. The molecule has 0 unspecified atom stereocenters. The molecule has 2 aliphatic rings. The van der Waals surface area contributed by atoms with Gasteiger partial charge in [-0.25, -0.2) is 0 Å². The quantitative estimate of drug-likeness (QED) is 0.644. The highest BCUT2D eigenvalue weighted by Gasteiger charge is 2.15. The van der Waals surface area contributed by atoms with Crippen molar-refractivity contribution in [3.8, 4) is 0 Å². The van der Waals surface area contributed by atoms with Crippen molar-refractivity contribution >= 4 is 6.41 Å². The lowest BCUT2D eigenvalue weighted by molar-refractivity contribution is -0.118. The molecule has 0 aromatic heterocycles. The number of nitrogens with one attached hydrogen (secondary N) is 1. The molecule has 2 saturated heterocycles.